The molecule has 5 heteroatoms. The van der Waals surface area contributed by atoms with E-state index in [1.165, 1.54) is 0 Å². The fourth-order valence-corrected chi connectivity index (χ4v) is 3.09. The van der Waals surface area contributed by atoms with Gasteiger partial charge >= 0.3 is 0 Å². The van der Waals surface area contributed by atoms with Crippen molar-refractivity contribution in [2.75, 3.05) is 5.75 Å². The number of carbonyl (C=O) groups excluding carboxylic acids is 1. The van der Waals surface area contributed by atoms with E-state index in [4.69, 9.17) is 0 Å². The molecular weight excluding hydrogens is 318 g/mol. The predicted molar refractivity (Wildman–Crippen MR) is 97.3 cm³/mol. The van der Waals surface area contributed by atoms with Crippen LogP contribution in [-0.4, -0.2) is 21.2 Å². The molecule has 0 unspecified atom stereocenters. The van der Waals surface area contributed by atoms with Crippen molar-refractivity contribution in [3.05, 3.63) is 78.4 Å². The molecule has 0 aliphatic heterocycles. The number of benzene rings is 2. The Balaban J connectivity index is 1.49. The molecule has 4 nitrogen and oxygen atoms in total. The van der Waals surface area contributed by atoms with Gasteiger partial charge < -0.3 is 9.88 Å². The number of aryl methyl sites for hydroxylation is 1. The van der Waals surface area contributed by atoms with Crippen LogP contribution in [0.3, 0.4) is 0 Å². The van der Waals surface area contributed by atoms with E-state index in [1.807, 2.05) is 72.3 Å². The molecule has 0 atom stereocenters. The highest BCUT2D eigenvalue weighted by Gasteiger charge is 2.04. The Bertz CT molecular complexity index is 797. The molecule has 0 fully saturated rings. The summed E-state index contributed by atoms with van der Waals surface area (Å²) in [4.78, 5) is 17.3. The molecule has 1 amide bonds. The summed E-state index contributed by atoms with van der Waals surface area (Å²) in [7, 11) is 0. The Morgan fingerprint density at radius 1 is 1.12 bits per heavy atom. The van der Waals surface area contributed by atoms with E-state index in [2.05, 4.69) is 10.3 Å². The van der Waals surface area contributed by atoms with Gasteiger partial charge in [-0.05, 0) is 36.8 Å². The summed E-state index contributed by atoms with van der Waals surface area (Å²) >= 11 is 1.54. The first-order valence-electron chi connectivity index (χ1n) is 7.76. The summed E-state index contributed by atoms with van der Waals surface area (Å²) in [6, 6.07) is 18.1. The van der Waals surface area contributed by atoms with E-state index in [-0.39, 0.29) is 5.91 Å². The number of nitrogens with one attached hydrogen (secondary N) is 1. The molecule has 122 valence electrons. The Kier molecular flexibility index (Phi) is 5.33. The van der Waals surface area contributed by atoms with E-state index in [0.717, 1.165) is 22.0 Å². The number of carbonyl (C=O) groups is 1. The van der Waals surface area contributed by atoms with Gasteiger partial charge in [-0.3, -0.25) is 4.79 Å². The number of thioether (sulfide) groups is 1. The van der Waals surface area contributed by atoms with E-state index in [0.29, 0.717) is 12.3 Å². The largest absolute Gasteiger partial charge is 0.351 e. The minimum atomic E-state index is 0.0402. The number of hydrogen-bond donors (Lipinski definition) is 1. The lowest BCUT2D eigenvalue weighted by molar-refractivity contribution is -0.118. The van der Waals surface area contributed by atoms with Crippen LogP contribution in [0.15, 0.2) is 71.9 Å². The summed E-state index contributed by atoms with van der Waals surface area (Å²) in [6.07, 6.45) is 3.72. The molecule has 1 aromatic heterocycles. The number of aromatic nitrogens is 2. The average Bonchev–Trinajstić information content (AvgIpc) is 3.05. The third kappa shape index (κ3) is 4.26. The Morgan fingerprint density at radius 3 is 2.54 bits per heavy atom. The van der Waals surface area contributed by atoms with Crippen molar-refractivity contribution in [3.8, 4) is 5.69 Å². The molecule has 1 N–H and O–H groups in total. The lowest BCUT2D eigenvalue weighted by atomic mass is 10.2. The maximum atomic E-state index is 11.9. The molecular formula is C19H19N3OS. The molecule has 0 bridgehead atoms. The van der Waals surface area contributed by atoms with Gasteiger partial charge in [0.1, 0.15) is 5.82 Å². The van der Waals surface area contributed by atoms with Crippen LogP contribution in [0, 0.1) is 6.92 Å². The van der Waals surface area contributed by atoms with Crippen molar-refractivity contribution < 1.29 is 4.79 Å². The highest BCUT2D eigenvalue weighted by atomic mass is 32.2. The van der Waals surface area contributed by atoms with E-state index >= 15 is 0 Å². The molecule has 0 spiro atoms. The molecule has 0 aliphatic rings. The predicted octanol–water partition coefficient (Wildman–Crippen LogP) is 3.59. The van der Waals surface area contributed by atoms with Gasteiger partial charge in [0, 0.05) is 29.5 Å². The van der Waals surface area contributed by atoms with Gasteiger partial charge in [-0.2, -0.15) is 0 Å². The summed E-state index contributed by atoms with van der Waals surface area (Å²) < 4.78 is 2.03. The lowest BCUT2D eigenvalue weighted by Crippen LogP contribution is -2.24. The number of rotatable bonds is 6. The minimum Gasteiger partial charge on any atom is -0.351 e. The van der Waals surface area contributed by atoms with E-state index < -0.39 is 0 Å². The second-order valence-corrected chi connectivity index (χ2v) is 6.44. The molecule has 3 rings (SSSR count). The first-order valence-corrected chi connectivity index (χ1v) is 8.75. The van der Waals surface area contributed by atoms with Crippen molar-refractivity contribution in [1.82, 2.24) is 14.9 Å². The average molecular weight is 337 g/mol. The monoisotopic (exact) mass is 337 g/mol. The van der Waals surface area contributed by atoms with E-state index in [9.17, 15) is 4.79 Å². The topological polar surface area (TPSA) is 46.9 Å². The molecule has 0 aliphatic carbocycles. The number of imidazole rings is 1. The first-order chi connectivity index (χ1) is 11.7. The zero-order valence-corrected chi connectivity index (χ0v) is 14.3. The molecule has 1 heterocycles. The molecule has 2 aromatic carbocycles. The lowest BCUT2D eigenvalue weighted by Gasteiger charge is -2.08. The quantitative estimate of drug-likeness (QED) is 0.699. The normalized spacial score (nSPS) is 10.5. The van der Waals surface area contributed by atoms with Crippen molar-refractivity contribution >= 4 is 17.7 Å². The standard InChI is InChI=1S/C19H19N3OS/c1-15-20-11-12-22(15)17-9-7-16(8-10-17)13-21-19(23)14-24-18-5-3-2-4-6-18/h2-12H,13-14H2,1H3,(H,21,23). The second-order valence-electron chi connectivity index (χ2n) is 5.39. The van der Waals surface area contributed by atoms with Gasteiger partial charge in [0.05, 0.1) is 5.75 Å². The van der Waals surface area contributed by atoms with Crippen LogP contribution in [0.1, 0.15) is 11.4 Å². The highest BCUT2D eigenvalue weighted by Crippen LogP contribution is 2.16. The molecule has 3 aromatic rings. The molecule has 0 saturated heterocycles. The van der Waals surface area contributed by atoms with Crippen LogP contribution in [-0.2, 0) is 11.3 Å². The van der Waals surface area contributed by atoms with Crippen LogP contribution in [0.4, 0.5) is 0 Å². The van der Waals surface area contributed by atoms with Crippen LogP contribution in [0.2, 0.25) is 0 Å². The van der Waals surface area contributed by atoms with Crippen LogP contribution in [0.5, 0.6) is 0 Å². The number of amides is 1. The Hall–Kier alpha value is -2.53. The number of nitrogens with zero attached hydrogens (tertiary/aromatic N) is 2. The maximum Gasteiger partial charge on any atom is 0.230 e. The minimum absolute atomic E-state index is 0.0402. The number of hydrogen-bond acceptors (Lipinski definition) is 3. The zero-order chi connectivity index (χ0) is 16.8. The SMILES string of the molecule is Cc1nccn1-c1ccc(CNC(=O)CSc2ccccc2)cc1. The Morgan fingerprint density at radius 2 is 1.88 bits per heavy atom. The molecule has 0 saturated carbocycles. The van der Waals surface area contributed by atoms with Crippen LogP contribution >= 0.6 is 11.8 Å². The summed E-state index contributed by atoms with van der Waals surface area (Å²) in [6.45, 7) is 2.51. The first kappa shape index (κ1) is 16.3. The fourth-order valence-electron chi connectivity index (χ4n) is 2.34. The van der Waals surface area contributed by atoms with Crippen LogP contribution < -0.4 is 5.32 Å². The smallest absolute Gasteiger partial charge is 0.230 e. The third-order valence-electron chi connectivity index (χ3n) is 3.64. The van der Waals surface area contributed by atoms with Gasteiger partial charge in [-0.1, -0.05) is 30.3 Å². The second kappa shape index (κ2) is 7.84. The van der Waals surface area contributed by atoms with Crippen molar-refractivity contribution in [2.24, 2.45) is 0 Å². The third-order valence-corrected chi connectivity index (χ3v) is 4.66. The van der Waals surface area contributed by atoms with Crippen molar-refractivity contribution in [3.63, 3.8) is 0 Å². The molecule has 0 radical (unpaired) electrons. The zero-order valence-electron chi connectivity index (χ0n) is 13.5. The van der Waals surface area contributed by atoms with E-state index in [1.54, 1.807) is 18.0 Å². The van der Waals surface area contributed by atoms with Gasteiger partial charge in [0.25, 0.3) is 0 Å². The highest BCUT2D eigenvalue weighted by molar-refractivity contribution is 8.00. The van der Waals surface area contributed by atoms with Crippen LogP contribution in [0.25, 0.3) is 5.69 Å². The Labute approximate surface area is 145 Å². The fraction of sp³-hybridized carbons (Fsp3) is 0.158. The van der Waals surface area contributed by atoms with Gasteiger partial charge in [-0.15, -0.1) is 11.8 Å². The summed E-state index contributed by atoms with van der Waals surface area (Å²) in [5.74, 6) is 1.42. The maximum absolute atomic E-state index is 11.9. The summed E-state index contributed by atoms with van der Waals surface area (Å²) in [5.41, 5.74) is 2.15. The van der Waals surface area contributed by atoms with Gasteiger partial charge in [0.2, 0.25) is 5.91 Å². The van der Waals surface area contributed by atoms with Crippen molar-refractivity contribution in [2.45, 2.75) is 18.4 Å². The van der Waals surface area contributed by atoms with Gasteiger partial charge in [0.15, 0.2) is 0 Å². The molecule has 24 heavy (non-hydrogen) atoms. The van der Waals surface area contributed by atoms with Gasteiger partial charge in [-0.25, -0.2) is 4.98 Å². The van der Waals surface area contributed by atoms with Crippen molar-refractivity contribution in [1.29, 1.82) is 0 Å². The summed E-state index contributed by atoms with van der Waals surface area (Å²) in [5, 5.41) is 2.96.